The van der Waals surface area contributed by atoms with Crippen LogP contribution in [0.5, 0.6) is 0 Å². The predicted octanol–water partition coefficient (Wildman–Crippen LogP) is 2.48. The molecular weight excluding hydrogens is 254 g/mol. The monoisotopic (exact) mass is 279 g/mol. The highest BCUT2D eigenvalue weighted by Gasteiger charge is 2.41. The van der Waals surface area contributed by atoms with Gasteiger partial charge in [-0.1, -0.05) is 30.3 Å². The first-order valence-electron chi connectivity index (χ1n) is 7.06. The third-order valence-electron chi connectivity index (χ3n) is 3.11. The fourth-order valence-corrected chi connectivity index (χ4v) is 2.30. The molecule has 0 saturated carbocycles. The van der Waals surface area contributed by atoms with Crippen molar-refractivity contribution in [3.8, 4) is 0 Å². The van der Waals surface area contributed by atoms with E-state index >= 15 is 0 Å². The second-order valence-corrected chi connectivity index (χ2v) is 5.03. The number of benzene rings is 1. The molecule has 1 aromatic rings. The van der Waals surface area contributed by atoms with E-state index in [1.807, 2.05) is 51.1 Å². The summed E-state index contributed by atoms with van der Waals surface area (Å²) in [5.74, 6) is -0.253. The van der Waals surface area contributed by atoms with Crippen molar-refractivity contribution in [1.29, 1.82) is 0 Å². The van der Waals surface area contributed by atoms with E-state index in [1.165, 1.54) is 0 Å². The molecule has 0 radical (unpaired) electrons. The summed E-state index contributed by atoms with van der Waals surface area (Å²) < 4.78 is 10.5. The molecule has 112 valence electrons. The zero-order valence-corrected chi connectivity index (χ0v) is 12.8. The summed E-state index contributed by atoms with van der Waals surface area (Å²) in [4.78, 5) is 12.6. The van der Waals surface area contributed by atoms with Crippen molar-refractivity contribution in [2.24, 2.45) is 0 Å². The van der Waals surface area contributed by atoms with Gasteiger partial charge in [-0.25, -0.2) is 4.79 Å². The Morgan fingerprint density at radius 3 is 2.45 bits per heavy atom. The lowest BCUT2D eigenvalue weighted by Crippen LogP contribution is -2.53. The first-order valence-corrected chi connectivity index (χ1v) is 7.06. The molecule has 1 N–H and O–H groups in total. The van der Waals surface area contributed by atoms with Crippen LogP contribution in [0.25, 0.3) is 0 Å². The molecule has 1 aromatic carbocycles. The Balaban J connectivity index is 3.21. The van der Waals surface area contributed by atoms with Gasteiger partial charge in [0.05, 0.1) is 6.61 Å². The lowest BCUT2D eigenvalue weighted by atomic mass is 9.86. The molecule has 0 fully saturated rings. The van der Waals surface area contributed by atoms with E-state index in [-0.39, 0.29) is 12.0 Å². The lowest BCUT2D eigenvalue weighted by molar-refractivity contribution is -0.153. The summed E-state index contributed by atoms with van der Waals surface area (Å²) in [5.41, 5.74) is 0.0470. The highest BCUT2D eigenvalue weighted by atomic mass is 16.5. The molecule has 0 aliphatic carbocycles. The summed E-state index contributed by atoms with van der Waals surface area (Å²) >= 11 is 0. The second kappa shape index (κ2) is 8.02. The number of carbonyl (C=O) groups excluding carboxylic acids is 1. The van der Waals surface area contributed by atoms with Crippen LogP contribution in [0, 0.1) is 0 Å². The van der Waals surface area contributed by atoms with Crippen LogP contribution in [-0.4, -0.2) is 32.3 Å². The van der Waals surface area contributed by atoms with Gasteiger partial charge in [0.1, 0.15) is 5.54 Å². The van der Waals surface area contributed by atoms with Crippen LogP contribution >= 0.6 is 0 Å². The van der Waals surface area contributed by atoms with Crippen LogP contribution in [0.2, 0.25) is 0 Å². The molecule has 1 unspecified atom stereocenters. The van der Waals surface area contributed by atoms with Gasteiger partial charge in [0.15, 0.2) is 0 Å². The van der Waals surface area contributed by atoms with E-state index in [2.05, 4.69) is 5.32 Å². The fraction of sp³-hybridized carbons (Fsp3) is 0.562. The maximum Gasteiger partial charge on any atom is 0.331 e. The normalized spacial score (nSPS) is 14.1. The van der Waals surface area contributed by atoms with Gasteiger partial charge in [0.2, 0.25) is 0 Å². The van der Waals surface area contributed by atoms with Crippen LogP contribution in [0.15, 0.2) is 30.3 Å². The standard InChI is InChI=1S/C16H25NO3/c1-5-20-15(18)16(11-12-19-4,17-13(2)3)14-9-7-6-8-10-14/h6-10,13,17H,5,11-12H2,1-4H3. The minimum atomic E-state index is -0.860. The van der Waals surface area contributed by atoms with E-state index in [0.29, 0.717) is 19.6 Å². The zero-order valence-electron chi connectivity index (χ0n) is 12.8. The molecule has 1 atom stereocenters. The third kappa shape index (κ3) is 4.05. The van der Waals surface area contributed by atoms with Crippen LogP contribution in [0.3, 0.4) is 0 Å². The second-order valence-electron chi connectivity index (χ2n) is 5.03. The van der Waals surface area contributed by atoms with E-state index in [0.717, 1.165) is 5.56 Å². The van der Waals surface area contributed by atoms with Crippen molar-refractivity contribution in [2.75, 3.05) is 20.3 Å². The fourth-order valence-electron chi connectivity index (χ4n) is 2.30. The van der Waals surface area contributed by atoms with Crippen molar-refractivity contribution in [2.45, 2.75) is 38.8 Å². The van der Waals surface area contributed by atoms with Gasteiger partial charge >= 0.3 is 5.97 Å². The van der Waals surface area contributed by atoms with Gasteiger partial charge in [-0.05, 0) is 26.3 Å². The van der Waals surface area contributed by atoms with E-state index in [1.54, 1.807) is 7.11 Å². The van der Waals surface area contributed by atoms with Crippen molar-refractivity contribution < 1.29 is 14.3 Å². The highest BCUT2D eigenvalue weighted by molar-refractivity contribution is 5.82. The average molecular weight is 279 g/mol. The summed E-state index contributed by atoms with van der Waals surface area (Å²) in [6.07, 6.45) is 0.532. The number of esters is 1. The Morgan fingerprint density at radius 2 is 1.95 bits per heavy atom. The Labute approximate surface area is 121 Å². The first-order chi connectivity index (χ1) is 9.56. The summed E-state index contributed by atoms with van der Waals surface area (Å²) in [6.45, 7) is 6.69. The number of nitrogens with one attached hydrogen (secondary N) is 1. The van der Waals surface area contributed by atoms with Crippen LogP contribution in [-0.2, 0) is 19.8 Å². The van der Waals surface area contributed by atoms with Crippen molar-refractivity contribution >= 4 is 5.97 Å². The number of carbonyl (C=O) groups is 1. The number of rotatable bonds is 8. The first kappa shape index (κ1) is 16.7. The Bertz CT molecular complexity index is 405. The number of hydrogen-bond donors (Lipinski definition) is 1. The molecule has 0 aliphatic rings. The predicted molar refractivity (Wildman–Crippen MR) is 79.5 cm³/mol. The molecule has 0 aromatic heterocycles. The van der Waals surface area contributed by atoms with Crippen LogP contribution < -0.4 is 5.32 Å². The molecule has 0 saturated heterocycles. The molecule has 4 nitrogen and oxygen atoms in total. The summed E-state index contributed by atoms with van der Waals surface area (Å²) in [6, 6.07) is 9.84. The van der Waals surface area contributed by atoms with Gasteiger partial charge in [-0.2, -0.15) is 0 Å². The Kier molecular flexibility index (Phi) is 6.68. The Hall–Kier alpha value is -1.39. The molecule has 0 bridgehead atoms. The van der Waals surface area contributed by atoms with Crippen LogP contribution in [0.1, 0.15) is 32.8 Å². The lowest BCUT2D eigenvalue weighted by Gasteiger charge is -2.34. The van der Waals surface area contributed by atoms with Gasteiger partial charge in [0, 0.05) is 26.2 Å². The maximum absolute atomic E-state index is 12.6. The molecule has 0 amide bonds. The number of ether oxygens (including phenoxy) is 2. The molecular formula is C16H25NO3. The van der Waals surface area contributed by atoms with E-state index < -0.39 is 5.54 Å². The average Bonchev–Trinajstić information content (AvgIpc) is 2.44. The van der Waals surface area contributed by atoms with E-state index in [9.17, 15) is 4.79 Å². The highest BCUT2D eigenvalue weighted by Crippen LogP contribution is 2.28. The third-order valence-corrected chi connectivity index (χ3v) is 3.11. The maximum atomic E-state index is 12.6. The van der Waals surface area contributed by atoms with Gasteiger partial charge in [0.25, 0.3) is 0 Å². The van der Waals surface area contributed by atoms with Crippen molar-refractivity contribution in [3.05, 3.63) is 35.9 Å². The van der Waals surface area contributed by atoms with Gasteiger partial charge in [-0.3, -0.25) is 5.32 Å². The quantitative estimate of drug-likeness (QED) is 0.743. The molecule has 1 rings (SSSR count). The topological polar surface area (TPSA) is 47.6 Å². The minimum Gasteiger partial charge on any atom is -0.464 e. The Morgan fingerprint density at radius 1 is 1.30 bits per heavy atom. The zero-order chi connectivity index (χ0) is 15.0. The van der Waals surface area contributed by atoms with Gasteiger partial charge in [-0.15, -0.1) is 0 Å². The largest absolute Gasteiger partial charge is 0.464 e. The van der Waals surface area contributed by atoms with Crippen molar-refractivity contribution in [1.82, 2.24) is 5.32 Å². The number of hydrogen-bond acceptors (Lipinski definition) is 4. The molecule has 0 heterocycles. The smallest absolute Gasteiger partial charge is 0.331 e. The molecule has 20 heavy (non-hydrogen) atoms. The summed E-state index contributed by atoms with van der Waals surface area (Å²) in [7, 11) is 1.64. The van der Waals surface area contributed by atoms with Crippen molar-refractivity contribution in [3.63, 3.8) is 0 Å². The van der Waals surface area contributed by atoms with Crippen LogP contribution in [0.4, 0.5) is 0 Å². The summed E-state index contributed by atoms with van der Waals surface area (Å²) in [5, 5.41) is 3.37. The molecule has 0 spiro atoms. The minimum absolute atomic E-state index is 0.150. The van der Waals surface area contributed by atoms with E-state index in [4.69, 9.17) is 9.47 Å². The van der Waals surface area contributed by atoms with Gasteiger partial charge < -0.3 is 9.47 Å². The molecule has 4 heteroatoms. The molecule has 0 aliphatic heterocycles. The SMILES string of the molecule is CCOC(=O)C(CCOC)(NC(C)C)c1ccccc1. The number of methoxy groups -OCH3 is 1.